The van der Waals surface area contributed by atoms with Gasteiger partial charge in [0.25, 0.3) is 0 Å². The molecule has 1 atom stereocenters. The fourth-order valence-corrected chi connectivity index (χ4v) is 3.66. The zero-order valence-electron chi connectivity index (χ0n) is 17.1. The Morgan fingerprint density at radius 1 is 0.929 bits per heavy atom. The zero-order chi connectivity index (χ0) is 19.2. The van der Waals surface area contributed by atoms with Gasteiger partial charge < -0.3 is 25.8 Å². The van der Waals surface area contributed by atoms with Crippen LogP contribution in [0.4, 0.5) is 4.79 Å². The highest BCUT2D eigenvalue weighted by atomic mass is 127. The minimum absolute atomic E-state index is 0. The topological polar surface area (TPSA) is 89.1 Å². The predicted octanol–water partition coefficient (Wildman–Crippen LogP) is 1.51. The number of nitrogens with zero attached hydrogens (tertiary/aromatic N) is 3. The van der Waals surface area contributed by atoms with E-state index in [-0.39, 0.29) is 48.5 Å². The Hall–Kier alpha value is -1.26. The highest BCUT2D eigenvalue weighted by Gasteiger charge is 2.29. The van der Waals surface area contributed by atoms with E-state index in [1.54, 1.807) is 19.0 Å². The summed E-state index contributed by atoms with van der Waals surface area (Å²) in [5.74, 6) is 0.805. The normalized spacial score (nSPS) is 23.0. The third-order valence-corrected chi connectivity index (χ3v) is 5.54. The van der Waals surface area contributed by atoms with Crippen LogP contribution in [0.2, 0.25) is 0 Å². The summed E-state index contributed by atoms with van der Waals surface area (Å²) in [5.41, 5.74) is 0. The number of hydrogen-bond acceptors (Lipinski definition) is 3. The molecule has 3 fully saturated rings. The highest BCUT2D eigenvalue weighted by Crippen LogP contribution is 2.19. The van der Waals surface area contributed by atoms with E-state index in [0.717, 1.165) is 51.2 Å². The monoisotopic (exact) mass is 506 g/mol. The van der Waals surface area contributed by atoms with Gasteiger partial charge >= 0.3 is 6.03 Å². The van der Waals surface area contributed by atoms with Crippen LogP contribution in [0.3, 0.4) is 0 Å². The quantitative estimate of drug-likeness (QED) is 0.300. The lowest BCUT2D eigenvalue weighted by atomic mass is 9.96. The molecule has 3 N–H and O–H groups in total. The second-order valence-electron chi connectivity index (χ2n) is 8.23. The number of hydrogen-bond donors (Lipinski definition) is 3. The van der Waals surface area contributed by atoms with Crippen LogP contribution in [0.15, 0.2) is 4.99 Å². The third kappa shape index (κ3) is 7.29. The number of aliphatic imine (C=N–C) groups is 1. The van der Waals surface area contributed by atoms with E-state index in [1.165, 1.54) is 19.3 Å². The summed E-state index contributed by atoms with van der Waals surface area (Å²) in [6.45, 7) is 1.72. The fourth-order valence-electron chi connectivity index (χ4n) is 3.66. The van der Waals surface area contributed by atoms with E-state index in [4.69, 9.17) is 0 Å². The molecule has 0 spiro atoms. The summed E-state index contributed by atoms with van der Waals surface area (Å²) in [4.78, 5) is 32.3. The lowest BCUT2D eigenvalue weighted by Crippen LogP contribution is -2.48. The summed E-state index contributed by atoms with van der Waals surface area (Å²) in [6, 6.07) is 0.847. The van der Waals surface area contributed by atoms with E-state index in [1.807, 2.05) is 0 Å². The van der Waals surface area contributed by atoms with Gasteiger partial charge in [0, 0.05) is 45.3 Å². The summed E-state index contributed by atoms with van der Waals surface area (Å²) < 4.78 is 0. The Balaban J connectivity index is 0.00000280. The number of likely N-dealkylation sites (tertiary alicyclic amines) is 1. The van der Waals surface area contributed by atoms with Crippen molar-refractivity contribution in [3.05, 3.63) is 0 Å². The first kappa shape index (κ1) is 23.0. The molecule has 160 valence electrons. The van der Waals surface area contributed by atoms with Crippen molar-refractivity contribution in [2.24, 2.45) is 4.99 Å². The van der Waals surface area contributed by atoms with E-state index in [0.29, 0.717) is 12.1 Å². The van der Waals surface area contributed by atoms with E-state index in [2.05, 4.69) is 25.8 Å². The molecule has 3 rings (SSSR count). The smallest absolute Gasteiger partial charge is 0.315 e. The summed E-state index contributed by atoms with van der Waals surface area (Å²) in [5, 5.41) is 9.64. The average Bonchev–Trinajstić information content (AvgIpc) is 3.34. The number of carbonyl (C=O) groups is 2. The average molecular weight is 506 g/mol. The second-order valence-corrected chi connectivity index (χ2v) is 8.23. The van der Waals surface area contributed by atoms with Crippen LogP contribution >= 0.6 is 24.0 Å². The van der Waals surface area contributed by atoms with Gasteiger partial charge in [-0.1, -0.05) is 19.3 Å². The highest BCUT2D eigenvalue weighted by molar-refractivity contribution is 14.0. The van der Waals surface area contributed by atoms with Crippen LogP contribution in [0.5, 0.6) is 0 Å². The van der Waals surface area contributed by atoms with Gasteiger partial charge in [-0.15, -0.1) is 24.0 Å². The molecule has 0 aromatic rings. The number of likely N-dealkylation sites (N-methyl/N-ethyl adjacent to an activating group) is 1. The Morgan fingerprint density at radius 3 is 2.21 bits per heavy atom. The Kier molecular flexibility index (Phi) is 9.10. The molecule has 0 bridgehead atoms. The fraction of sp³-hybridized carbons (Fsp3) is 0.842. The van der Waals surface area contributed by atoms with Crippen molar-refractivity contribution < 1.29 is 9.59 Å². The third-order valence-electron chi connectivity index (χ3n) is 5.54. The summed E-state index contributed by atoms with van der Waals surface area (Å²) in [7, 11) is 3.50. The van der Waals surface area contributed by atoms with Crippen LogP contribution in [-0.4, -0.2) is 79.6 Å². The van der Waals surface area contributed by atoms with Crippen molar-refractivity contribution in [1.29, 1.82) is 0 Å². The second kappa shape index (κ2) is 11.1. The van der Waals surface area contributed by atoms with Crippen LogP contribution in [-0.2, 0) is 4.79 Å². The maximum absolute atomic E-state index is 12.0. The first-order valence-corrected chi connectivity index (χ1v) is 10.3. The zero-order valence-corrected chi connectivity index (χ0v) is 19.4. The van der Waals surface area contributed by atoms with E-state index in [9.17, 15) is 9.59 Å². The number of nitrogens with one attached hydrogen (secondary N) is 3. The molecule has 28 heavy (non-hydrogen) atoms. The minimum Gasteiger partial charge on any atom is -0.353 e. The number of guanidine groups is 1. The summed E-state index contributed by atoms with van der Waals surface area (Å²) in [6.07, 6.45) is 9.17. The standard InChI is InChI=1S/C19H34N6O2.HI/c1-24(2)17(26)12-20-18(21-14-6-4-3-5-7-14)25-11-10-16(13-25)23-19(27)22-15-8-9-15;/h14-16H,3-13H2,1-2H3,(H,20,21)(H2,22,23,27);1H. The molecular formula is C19H35IN6O2. The van der Waals surface area contributed by atoms with Crippen molar-refractivity contribution in [2.45, 2.75) is 69.5 Å². The minimum atomic E-state index is -0.0640. The lowest BCUT2D eigenvalue weighted by Gasteiger charge is -2.29. The van der Waals surface area contributed by atoms with Gasteiger partial charge in [-0.05, 0) is 32.1 Å². The first-order valence-electron chi connectivity index (χ1n) is 10.3. The maximum atomic E-state index is 12.0. The van der Waals surface area contributed by atoms with Gasteiger partial charge in [-0.2, -0.15) is 0 Å². The maximum Gasteiger partial charge on any atom is 0.315 e. The van der Waals surface area contributed by atoms with Gasteiger partial charge in [-0.3, -0.25) is 4.79 Å². The molecule has 0 aromatic heterocycles. The van der Waals surface area contributed by atoms with Crippen LogP contribution in [0.25, 0.3) is 0 Å². The van der Waals surface area contributed by atoms with E-state index < -0.39 is 0 Å². The molecule has 1 unspecified atom stereocenters. The molecule has 2 saturated carbocycles. The molecule has 2 aliphatic carbocycles. The van der Waals surface area contributed by atoms with Gasteiger partial charge in [-0.25, -0.2) is 9.79 Å². The van der Waals surface area contributed by atoms with Crippen LogP contribution in [0, 0.1) is 0 Å². The van der Waals surface area contributed by atoms with Crippen molar-refractivity contribution >= 4 is 41.9 Å². The van der Waals surface area contributed by atoms with E-state index >= 15 is 0 Å². The van der Waals surface area contributed by atoms with Gasteiger partial charge in [0.15, 0.2) is 5.96 Å². The van der Waals surface area contributed by atoms with Crippen molar-refractivity contribution in [2.75, 3.05) is 33.7 Å². The predicted molar refractivity (Wildman–Crippen MR) is 121 cm³/mol. The lowest BCUT2D eigenvalue weighted by molar-refractivity contribution is -0.127. The molecule has 3 aliphatic rings. The number of rotatable bonds is 5. The van der Waals surface area contributed by atoms with Gasteiger partial charge in [0.2, 0.25) is 5.91 Å². The molecule has 0 aromatic carbocycles. The molecule has 1 saturated heterocycles. The first-order chi connectivity index (χ1) is 13.0. The summed E-state index contributed by atoms with van der Waals surface area (Å²) >= 11 is 0. The van der Waals surface area contributed by atoms with Crippen molar-refractivity contribution in [3.8, 4) is 0 Å². The Morgan fingerprint density at radius 2 is 1.57 bits per heavy atom. The van der Waals surface area contributed by atoms with Crippen molar-refractivity contribution in [3.63, 3.8) is 0 Å². The Labute approximate surface area is 185 Å². The molecule has 8 nitrogen and oxygen atoms in total. The molecule has 9 heteroatoms. The molecule has 0 radical (unpaired) electrons. The molecule has 3 amide bonds. The number of urea groups is 1. The van der Waals surface area contributed by atoms with Gasteiger partial charge in [0.05, 0.1) is 0 Å². The number of amides is 3. The molecule has 1 heterocycles. The number of halogens is 1. The van der Waals surface area contributed by atoms with Gasteiger partial charge in [0.1, 0.15) is 6.54 Å². The largest absolute Gasteiger partial charge is 0.353 e. The van der Waals surface area contributed by atoms with Crippen LogP contribution < -0.4 is 16.0 Å². The Bertz CT molecular complexity index is 561. The molecular weight excluding hydrogens is 471 g/mol. The van der Waals surface area contributed by atoms with Crippen molar-refractivity contribution in [1.82, 2.24) is 25.8 Å². The van der Waals surface area contributed by atoms with Crippen LogP contribution in [0.1, 0.15) is 51.4 Å². The number of carbonyl (C=O) groups excluding carboxylic acids is 2. The SMILES string of the molecule is CN(C)C(=O)CN=C(NC1CCCCC1)N1CCC(NC(=O)NC2CC2)C1.I. The molecule has 1 aliphatic heterocycles.